The van der Waals surface area contributed by atoms with Gasteiger partial charge in [0, 0.05) is 12.1 Å². The van der Waals surface area contributed by atoms with Gasteiger partial charge in [0.05, 0.1) is 21.2 Å². The summed E-state index contributed by atoms with van der Waals surface area (Å²) in [5.74, 6) is -1.22. The standard InChI is InChI=1S/C31H35ClF3N3O4S/c1-6-27(29(40)36-30(3,4)5)37(19-22-13-11-10-12-21(22)2)28(39)20-38(43(41,42)24-14-8-7-9-15-24)23-16-17-26(32)25(18-23)31(33,34)35/h7-18,27H,6,19-20H2,1-5H3,(H,36,40)/t27-/m0/s1. The number of hydrogen-bond donors (Lipinski definition) is 1. The van der Waals surface area contributed by atoms with Crippen LogP contribution in [0.2, 0.25) is 5.02 Å². The van der Waals surface area contributed by atoms with Crippen LogP contribution in [0.25, 0.3) is 0 Å². The maximum atomic E-state index is 14.1. The van der Waals surface area contributed by atoms with Crippen LogP contribution in [0.5, 0.6) is 0 Å². The first kappa shape index (κ1) is 33.9. The summed E-state index contributed by atoms with van der Waals surface area (Å²) in [7, 11) is -4.55. The second kappa shape index (κ2) is 13.4. The molecule has 0 spiro atoms. The van der Waals surface area contributed by atoms with Crippen molar-refractivity contribution in [2.45, 2.75) is 70.2 Å². The molecule has 0 radical (unpaired) electrons. The topological polar surface area (TPSA) is 86.8 Å². The number of sulfonamides is 1. The molecule has 0 heterocycles. The summed E-state index contributed by atoms with van der Waals surface area (Å²) in [6.07, 6.45) is -4.68. The molecule has 2 amide bonds. The first-order valence-corrected chi connectivity index (χ1v) is 15.4. The Morgan fingerprint density at radius 2 is 1.56 bits per heavy atom. The highest BCUT2D eigenvalue weighted by Crippen LogP contribution is 2.38. The number of nitrogens with zero attached hydrogens (tertiary/aromatic N) is 2. The van der Waals surface area contributed by atoms with E-state index in [1.165, 1.54) is 29.2 Å². The van der Waals surface area contributed by atoms with Gasteiger partial charge in [0.15, 0.2) is 0 Å². The van der Waals surface area contributed by atoms with Crippen molar-refractivity contribution in [3.63, 3.8) is 0 Å². The molecule has 12 heteroatoms. The van der Waals surface area contributed by atoms with Gasteiger partial charge in [-0.15, -0.1) is 0 Å². The molecular weight excluding hydrogens is 603 g/mol. The predicted octanol–water partition coefficient (Wildman–Crippen LogP) is 6.58. The van der Waals surface area contributed by atoms with Gasteiger partial charge >= 0.3 is 6.18 Å². The molecule has 1 N–H and O–H groups in total. The molecule has 0 aromatic heterocycles. The van der Waals surface area contributed by atoms with Gasteiger partial charge in [0.25, 0.3) is 10.0 Å². The average molecular weight is 638 g/mol. The van der Waals surface area contributed by atoms with Crippen molar-refractivity contribution < 1.29 is 31.2 Å². The van der Waals surface area contributed by atoms with E-state index < -0.39 is 62.4 Å². The number of nitrogens with one attached hydrogen (secondary N) is 1. The van der Waals surface area contributed by atoms with E-state index in [1.807, 2.05) is 19.1 Å². The second-order valence-electron chi connectivity index (χ2n) is 11.1. The van der Waals surface area contributed by atoms with Gasteiger partial charge in [-0.2, -0.15) is 13.2 Å². The summed E-state index contributed by atoms with van der Waals surface area (Å²) >= 11 is 5.82. The third kappa shape index (κ3) is 8.51. The van der Waals surface area contributed by atoms with Gasteiger partial charge in [-0.25, -0.2) is 8.42 Å². The average Bonchev–Trinajstić information content (AvgIpc) is 2.91. The van der Waals surface area contributed by atoms with E-state index in [0.717, 1.165) is 23.3 Å². The molecule has 0 aliphatic carbocycles. The van der Waals surface area contributed by atoms with Crippen LogP contribution in [0.4, 0.5) is 18.9 Å². The van der Waals surface area contributed by atoms with Crippen LogP contribution >= 0.6 is 11.6 Å². The lowest BCUT2D eigenvalue weighted by molar-refractivity contribution is -0.141. The van der Waals surface area contributed by atoms with Gasteiger partial charge in [-0.3, -0.25) is 13.9 Å². The van der Waals surface area contributed by atoms with Crippen LogP contribution in [-0.2, 0) is 32.3 Å². The van der Waals surface area contributed by atoms with Crippen molar-refractivity contribution >= 4 is 39.1 Å². The number of rotatable bonds is 10. The van der Waals surface area contributed by atoms with E-state index in [0.29, 0.717) is 10.4 Å². The predicted molar refractivity (Wildman–Crippen MR) is 161 cm³/mol. The maximum absolute atomic E-state index is 14.1. The number of amides is 2. The van der Waals surface area contributed by atoms with E-state index in [9.17, 15) is 31.2 Å². The molecule has 0 saturated heterocycles. The maximum Gasteiger partial charge on any atom is 0.417 e. The van der Waals surface area contributed by atoms with Crippen LogP contribution in [0.1, 0.15) is 50.8 Å². The number of hydrogen-bond acceptors (Lipinski definition) is 4. The largest absolute Gasteiger partial charge is 0.417 e. The van der Waals surface area contributed by atoms with E-state index in [2.05, 4.69) is 5.32 Å². The first-order valence-electron chi connectivity index (χ1n) is 13.6. The number of aryl methyl sites for hydroxylation is 1. The normalized spacial score (nSPS) is 12.9. The zero-order valence-electron chi connectivity index (χ0n) is 24.6. The van der Waals surface area contributed by atoms with Gasteiger partial charge < -0.3 is 10.2 Å². The summed E-state index contributed by atoms with van der Waals surface area (Å²) < 4.78 is 69.7. The smallest absolute Gasteiger partial charge is 0.350 e. The van der Waals surface area contributed by atoms with Crippen molar-refractivity contribution in [1.82, 2.24) is 10.2 Å². The Kier molecular flexibility index (Phi) is 10.6. The number of carbonyl (C=O) groups is 2. The molecule has 0 aliphatic heterocycles. The summed E-state index contributed by atoms with van der Waals surface area (Å²) in [4.78, 5) is 28.6. The molecule has 3 aromatic carbocycles. The number of anilines is 1. The third-order valence-corrected chi connectivity index (χ3v) is 8.76. The molecule has 0 fully saturated rings. The van der Waals surface area contributed by atoms with Crippen molar-refractivity contribution in [2.75, 3.05) is 10.8 Å². The van der Waals surface area contributed by atoms with Gasteiger partial charge in [-0.1, -0.05) is 61.0 Å². The molecule has 7 nitrogen and oxygen atoms in total. The fraction of sp³-hybridized carbons (Fsp3) is 0.355. The minimum Gasteiger partial charge on any atom is -0.350 e. The number of halogens is 4. The van der Waals surface area contributed by atoms with Crippen molar-refractivity contribution in [3.05, 3.63) is 94.5 Å². The SMILES string of the molecule is CC[C@@H](C(=O)NC(C)(C)C)N(Cc1ccccc1C)C(=O)CN(c1ccc(Cl)c(C(F)(F)F)c1)S(=O)(=O)c1ccccc1. The zero-order chi connectivity index (χ0) is 32.2. The van der Waals surface area contributed by atoms with Gasteiger partial charge in [-0.05, 0) is 75.6 Å². The van der Waals surface area contributed by atoms with Crippen LogP contribution in [-0.4, -0.2) is 43.3 Å². The Hall–Kier alpha value is -3.57. The minimum atomic E-state index is -4.88. The van der Waals surface area contributed by atoms with Crippen molar-refractivity contribution in [2.24, 2.45) is 0 Å². The first-order chi connectivity index (χ1) is 20.0. The molecule has 0 unspecified atom stereocenters. The molecule has 0 bridgehead atoms. The van der Waals surface area contributed by atoms with Gasteiger partial charge in [0.1, 0.15) is 12.6 Å². The Bertz CT molecular complexity index is 1560. The molecule has 232 valence electrons. The van der Waals surface area contributed by atoms with E-state index >= 15 is 0 Å². The van der Waals surface area contributed by atoms with E-state index in [-0.39, 0.29) is 17.9 Å². The summed E-state index contributed by atoms with van der Waals surface area (Å²) in [6, 6.07) is 16.0. The second-order valence-corrected chi connectivity index (χ2v) is 13.4. The quantitative estimate of drug-likeness (QED) is 0.272. The Labute approximate surface area is 255 Å². The molecule has 3 rings (SSSR count). The molecule has 1 atom stereocenters. The van der Waals surface area contributed by atoms with Crippen LogP contribution < -0.4 is 9.62 Å². The third-order valence-electron chi connectivity index (χ3n) is 6.64. The molecule has 0 aliphatic rings. The summed E-state index contributed by atoms with van der Waals surface area (Å²) in [6.45, 7) is 8.02. The number of benzene rings is 3. The van der Waals surface area contributed by atoms with Crippen molar-refractivity contribution in [1.29, 1.82) is 0 Å². The summed E-state index contributed by atoms with van der Waals surface area (Å²) in [5.41, 5.74) is -0.715. The van der Waals surface area contributed by atoms with Crippen LogP contribution in [0.15, 0.2) is 77.7 Å². The highest BCUT2D eigenvalue weighted by molar-refractivity contribution is 7.92. The Morgan fingerprint density at radius 1 is 0.953 bits per heavy atom. The monoisotopic (exact) mass is 637 g/mol. The minimum absolute atomic E-state index is 0.0325. The number of alkyl halides is 3. The van der Waals surface area contributed by atoms with Gasteiger partial charge in [0.2, 0.25) is 11.8 Å². The van der Waals surface area contributed by atoms with Crippen LogP contribution in [0, 0.1) is 6.92 Å². The van der Waals surface area contributed by atoms with Crippen LogP contribution in [0.3, 0.4) is 0 Å². The molecule has 0 saturated carbocycles. The fourth-order valence-corrected chi connectivity index (χ4v) is 6.13. The van der Waals surface area contributed by atoms with Crippen molar-refractivity contribution in [3.8, 4) is 0 Å². The highest BCUT2D eigenvalue weighted by Gasteiger charge is 2.37. The Morgan fingerprint density at radius 3 is 2.12 bits per heavy atom. The number of carbonyl (C=O) groups excluding carboxylic acids is 2. The fourth-order valence-electron chi connectivity index (χ4n) is 4.48. The van der Waals surface area contributed by atoms with E-state index in [4.69, 9.17) is 11.6 Å². The molecule has 3 aromatic rings. The molecule has 43 heavy (non-hydrogen) atoms. The lowest BCUT2D eigenvalue weighted by Gasteiger charge is -2.35. The molecular formula is C31H35ClF3N3O4S. The Balaban J connectivity index is 2.16. The highest BCUT2D eigenvalue weighted by atomic mass is 35.5. The lowest BCUT2D eigenvalue weighted by Crippen LogP contribution is -2.55. The van der Waals surface area contributed by atoms with E-state index in [1.54, 1.807) is 45.9 Å². The zero-order valence-corrected chi connectivity index (χ0v) is 26.1. The summed E-state index contributed by atoms with van der Waals surface area (Å²) in [5, 5.41) is 2.25. The lowest BCUT2D eigenvalue weighted by atomic mass is 10.0.